The third kappa shape index (κ3) is 2.77. The van der Waals surface area contributed by atoms with Crippen LogP contribution in [0.4, 0.5) is 4.39 Å². The van der Waals surface area contributed by atoms with Crippen LogP contribution in [0.1, 0.15) is 22.0 Å². The van der Waals surface area contributed by atoms with E-state index in [4.69, 9.17) is 17.3 Å². The van der Waals surface area contributed by atoms with Crippen molar-refractivity contribution in [2.45, 2.75) is 6.04 Å². The summed E-state index contributed by atoms with van der Waals surface area (Å²) >= 11 is 5.72. The number of nitrogens with two attached hydrogens (primary N) is 1. The SMILES string of the molecule is NC(=O)c1ccn([C@H](CO)c2ccc(F)c(Cl)c2)c1. The van der Waals surface area contributed by atoms with E-state index >= 15 is 0 Å². The van der Waals surface area contributed by atoms with Crippen LogP contribution in [-0.2, 0) is 0 Å². The molecular formula is C13H12ClFN2O2. The summed E-state index contributed by atoms with van der Waals surface area (Å²) < 4.78 is 14.7. The van der Waals surface area contributed by atoms with Crippen molar-refractivity contribution in [2.24, 2.45) is 5.73 Å². The number of carbonyl (C=O) groups is 1. The Labute approximate surface area is 114 Å². The van der Waals surface area contributed by atoms with Crippen molar-refractivity contribution in [1.29, 1.82) is 0 Å². The summed E-state index contributed by atoms with van der Waals surface area (Å²) in [5.74, 6) is -1.07. The van der Waals surface area contributed by atoms with Crippen molar-refractivity contribution in [3.05, 3.63) is 58.6 Å². The molecule has 1 heterocycles. The first-order valence-corrected chi connectivity index (χ1v) is 5.94. The number of nitrogens with zero attached hydrogens (tertiary/aromatic N) is 1. The second-order valence-corrected chi connectivity index (χ2v) is 4.49. The first-order chi connectivity index (χ1) is 9.02. The van der Waals surface area contributed by atoms with Crippen LogP contribution < -0.4 is 5.73 Å². The molecule has 19 heavy (non-hydrogen) atoms. The molecule has 0 aliphatic carbocycles. The molecule has 0 spiro atoms. The van der Waals surface area contributed by atoms with Gasteiger partial charge in [0.15, 0.2) is 0 Å². The highest BCUT2D eigenvalue weighted by molar-refractivity contribution is 6.30. The van der Waals surface area contributed by atoms with E-state index in [9.17, 15) is 14.3 Å². The van der Waals surface area contributed by atoms with Gasteiger partial charge in [0.05, 0.1) is 23.2 Å². The van der Waals surface area contributed by atoms with Gasteiger partial charge in [-0.3, -0.25) is 4.79 Å². The lowest BCUT2D eigenvalue weighted by molar-refractivity contribution is 0.1000. The molecule has 2 aromatic rings. The monoisotopic (exact) mass is 282 g/mol. The predicted molar refractivity (Wildman–Crippen MR) is 69.6 cm³/mol. The van der Waals surface area contributed by atoms with Crippen molar-refractivity contribution >= 4 is 17.5 Å². The van der Waals surface area contributed by atoms with Crippen LogP contribution >= 0.6 is 11.6 Å². The lowest BCUT2D eigenvalue weighted by Crippen LogP contribution is -2.14. The topological polar surface area (TPSA) is 68.2 Å². The fourth-order valence-corrected chi connectivity index (χ4v) is 2.03. The first kappa shape index (κ1) is 13.6. The summed E-state index contributed by atoms with van der Waals surface area (Å²) in [6.45, 7) is -0.213. The van der Waals surface area contributed by atoms with Gasteiger partial charge in [-0.05, 0) is 23.8 Å². The predicted octanol–water partition coefficient (Wildman–Crippen LogP) is 1.96. The van der Waals surface area contributed by atoms with E-state index in [0.717, 1.165) is 0 Å². The quantitative estimate of drug-likeness (QED) is 0.900. The smallest absolute Gasteiger partial charge is 0.250 e. The molecule has 0 saturated heterocycles. The van der Waals surface area contributed by atoms with Crippen molar-refractivity contribution in [2.75, 3.05) is 6.61 Å². The van der Waals surface area contributed by atoms with E-state index in [1.807, 2.05) is 0 Å². The van der Waals surface area contributed by atoms with Crippen LogP contribution in [0.15, 0.2) is 36.7 Å². The van der Waals surface area contributed by atoms with Gasteiger partial charge >= 0.3 is 0 Å². The summed E-state index contributed by atoms with van der Waals surface area (Å²) in [6, 6.07) is 5.31. The molecule has 0 bridgehead atoms. The highest BCUT2D eigenvalue weighted by Gasteiger charge is 2.15. The van der Waals surface area contributed by atoms with Crippen molar-refractivity contribution < 1.29 is 14.3 Å². The summed E-state index contributed by atoms with van der Waals surface area (Å²) in [7, 11) is 0. The van der Waals surface area contributed by atoms with Gasteiger partial charge in [-0.1, -0.05) is 17.7 Å². The number of aliphatic hydroxyl groups is 1. The number of amides is 1. The van der Waals surface area contributed by atoms with Crippen molar-refractivity contribution in [3.8, 4) is 0 Å². The molecule has 0 unspecified atom stereocenters. The molecule has 1 aromatic carbocycles. The summed E-state index contributed by atoms with van der Waals surface area (Å²) in [4.78, 5) is 11.0. The van der Waals surface area contributed by atoms with Crippen LogP contribution in [-0.4, -0.2) is 22.2 Å². The van der Waals surface area contributed by atoms with Gasteiger partial charge in [-0.25, -0.2) is 4.39 Å². The minimum Gasteiger partial charge on any atom is -0.394 e. The van der Waals surface area contributed by atoms with Crippen LogP contribution in [0.25, 0.3) is 0 Å². The Bertz CT molecular complexity index is 612. The third-order valence-corrected chi connectivity index (χ3v) is 3.15. The maximum atomic E-state index is 13.1. The average molecular weight is 283 g/mol. The number of hydrogen-bond acceptors (Lipinski definition) is 2. The zero-order valence-electron chi connectivity index (χ0n) is 9.88. The van der Waals surface area contributed by atoms with Gasteiger partial charge in [0.25, 0.3) is 0 Å². The Morgan fingerprint density at radius 3 is 2.74 bits per heavy atom. The third-order valence-electron chi connectivity index (χ3n) is 2.86. The zero-order chi connectivity index (χ0) is 14.0. The Morgan fingerprint density at radius 2 is 2.21 bits per heavy atom. The zero-order valence-corrected chi connectivity index (χ0v) is 10.6. The number of aliphatic hydroxyl groups excluding tert-OH is 1. The van der Waals surface area contributed by atoms with Gasteiger partial charge in [0.2, 0.25) is 5.91 Å². The summed E-state index contributed by atoms with van der Waals surface area (Å²) in [6.07, 6.45) is 3.15. The number of rotatable bonds is 4. The highest BCUT2D eigenvalue weighted by Crippen LogP contribution is 2.24. The second kappa shape index (κ2) is 5.42. The molecule has 1 amide bonds. The van der Waals surface area contributed by atoms with E-state index in [2.05, 4.69) is 0 Å². The van der Waals surface area contributed by atoms with Gasteiger partial charge in [-0.2, -0.15) is 0 Å². The molecule has 100 valence electrons. The van der Waals surface area contributed by atoms with Crippen LogP contribution in [0, 0.1) is 5.82 Å². The normalized spacial score (nSPS) is 12.4. The van der Waals surface area contributed by atoms with E-state index in [1.165, 1.54) is 24.4 Å². The fourth-order valence-electron chi connectivity index (χ4n) is 1.84. The largest absolute Gasteiger partial charge is 0.394 e. The van der Waals surface area contributed by atoms with E-state index in [1.54, 1.807) is 16.8 Å². The van der Waals surface area contributed by atoms with Gasteiger partial charge in [0.1, 0.15) is 5.82 Å². The number of benzene rings is 1. The second-order valence-electron chi connectivity index (χ2n) is 4.08. The molecule has 0 saturated carbocycles. The van der Waals surface area contributed by atoms with E-state index in [0.29, 0.717) is 11.1 Å². The number of primary amides is 1. The fraction of sp³-hybridized carbons (Fsp3) is 0.154. The molecule has 3 N–H and O–H groups in total. The van der Waals surface area contributed by atoms with E-state index < -0.39 is 17.8 Å². The molecular weight excluding hydrogens is 271 g/mol. The van der Waals surface area contributed by atoms with Crippen molar-refractivity contribution in [1.82, 2.24) is 4.57 Å². The lowest BCUT2D eigenvalue weighted by atomic mass is 10.1. The molecule has 2 rings (SSSR count). The lowest BCUT2D eigenvalue weighted by Gasteiger charge is -2.17. The molecule has 0 aliphatic heterocycles. The number of aromatic nitrogens is 1. The molecule has 1 aromatic heterocycles. The van der Waals surface area contributed by atoms with Crippen LogP contribution in [0.3, 0.4) is 0 Å². The molecule has 0 aliphatic rings. The van der Waals surface area contributed by atoms with Gasteiger partial charge in [-0.15, -0.1) is 0 Å². The number of halogens is 2. The van der Waals surface area contributed by atoms with Crippen molar-refractivity contribution in [3.63, 3.8) is 0 Å². The molecule has 4 nitrogen and oxygen atoms in total. The number of hydrogen-bond donors (Lipinski definition) is 2. The van der Waals surface area contributed by atoms with E-state index in [-0.39, 0.29) is 11.6 Å². The maximum absolute atomic E-state index is 13.1. The minimum atomic E-state index is -0.549. The number of carbonyl (C=O) groups excluding carboxylic acids is 1. The van der Waals surface area contributed by atoms with Crippen LogP contribution in [0.5, 0.6) is 0 Å². The first-order valence-electron chi connectivity index (χ1n) is 5.56. The Hall–Kier alpha value is -1.85. The summed E-state index contributed by atoms with van der Waals surface area (Å²) in [5.41, 5.74) is 6.14. The van der Waals surface area contributed by atoms with Gasteiger partial charge in [0, 0.05) is 12.4 Å². The van der Waals surface area contributed by atoms with Gasteiger partial charge < -0.3 is 15.4 Å². The molecule has 0 radical (unpaired) electrons. The Morgan fingerprint density at radius 1 is 1.47 bits per heavy atom. The highest BCUT2D eigenvalue weighted by atomic mass is 35.5. The Balaban J connectivity index is 2.37. The molecule has 6 heteroatoms. The maximum Gasteiger partial charge on any atom is 0.250 e. The molecule has 1 atom stereocenters. The molecule has 0 fully saturated rings. The standard InChI is InChI=1S/C13H12ClFN2O2/c14-10-5-8(1-2-11(10)15)12(7-18)17-4-3-9(6-17)13(16)19/h1-6,12,18H,7H2,(H2,16,19)/t12-/m1/s1. The Kier molecular flexibility index (Phi) is 3.87. The minimum absolute atomic E-state index is 0.0155. The average Bonchev–Trinajstić information content (AvgIpc) is 2.84. The van der Waals surface area contributed by atoms with Crippen LogP contribution in [0.2, 0.25) is 5.02 Å². The summed E-state index contributed by atoms with van der Waals surface area (Å²) in [5, 5.41) is 9.45.